The summed E-state index contributed by atoms with van der Waals surface area (Å²) in [6.45, 7) is 4.11. The van der Waals surface area contributed by atoms with Gasteiger partial charge in [-0.3, -0.25) is 14.5 Å². The Hall–Kier alpha value is -1.99. The number of likely N-dealkylation sites (tertiary alicyclic amines) is 1. The van der Waals surface area contributed by atoms with Crippen LogP contribution in [-0.2, 0) is 9.53 Å². The zero-order chi connectivity index (χ0) is 22.0. The van der Waals surface area contributed by atoms with Crippen LogP contribution in [0.25, 0.3) is 0 Å². The van der Waals surface area contributed by atoms with Crippen molar-refractivity contribution in [2.75, 3.05) is 26.7 Å². The van der Waals surface area contributed by atoms with E-state index in [1.54, 1.807) is 4.90 Å². The number of nitrogens with zero attached hydrogens (tertiary/aromatic N) is 2. The summed E-state index contributed by atoms with van der Waals surface area (Å²) >= 11 is 0. The number of rotatable bonds is 5. The van der Waals surface area contributed by atoms with Crippen molar-refractivity contribution in [1.82, 2.24) is 15.1 Å². The second-order valence-corrected chi connectivity index (χ2v) is 9.49. The molecule has 0 aromatic heterocycles. The smallest absolute Gasteiger partial charge is 0.256 e. The summed E-state index contributed by atoms with van der Waals surface area (Å²) in [5, 5.41) is 3.05. The average molecular weight is 432 g/mol. The van der Waals surface area contributed by atoms with Crippen LogP contribution in [0.2, 0.25) is 0 Å². The number of hydrogen-bond donors (Lipinski definition) is 1. The van der Waals surface area contributed by atoms with Crippen LogP contribution >= 0.6 is 0 Å². The number of carbonyl (C=O) groups excluding carboxylic acids is 2. The van der Waals surface area contributed by atoms with Crippen molar-refractivity contribution < 1.29 is 18.7 Å². The van der Waals surface area contributed by atoms with Gasteiger partial charge in [0.05, 0.1) is 6.61 Å². The van der Waals surface area contributed by atoms with E-state index in [2.05, 4.69) is 24.2 Å². The van der Waals surface area contributed by atoms with Crippen LogP contribution in [0.15, 0.2) is 24.3 Å². The summed E-state index contributed by atoms with van der Waals surface area (Å²) in [5.41, 5.74) is -0.360. The normalized spacial score (nSPS) is 31.3. The molecule has 1 aliphatic carbocycles. The van der Waals surface area contributed by atoms with Gasteiger partial charge in [-0.1, -0.05) is 6.92 Å². The van der Waals surface area contributed by atoms with E-state index in [0.717, 1.165) is 45.1 Å². The lowest BCUT2D eigenvalue weighted by atomic mass is 9.83. The predicted octanol–water partition coefficient (Wildman–Crippen LogP) is 3.17. The van der Waals surface area contributed by atoms with Crippen molar-refractivity contribution >= 4 is 11.8 Å². The first-order valence-corrected chi connectivity index (χ1v) is 11.6. The molecule has 31 heavy (non-hydrogen) atoms. The van der Waals surface area contributed by atoms with Crippen molar-refractivity contribution in [3.8, 4) is 0 Å². The molecule has 0 bridgehead atoms. The van der Waals surface area contributed by atoms with Crippen molar-refractivity contribution in [3.05, 3.63) is 35.6 Å². The molecule has 2 saturated heterocycles. The molecule has 170 valence electrons. The molecule has 2 amide bonds. The first kappa shape index (κ1) is 22.2. The molecule has 2 heterocycles. The van der Waals surface area contributed by atoms with Gasteiger partial charge in [-0.2, -0.15) is 0 Å². The van der Waals surface area contributed by atoms with Gasteiger partial charge >= 0.3 is 0 Å². The molecule has 2 atom stereocenters. The molecule has 3 fully saturated rings. The molecule has 6 nitrogen and oxygen atoms in total. The van der Waals surface area contributed by atoms with E-state index in [4.69, 9.17) is 4.74 Å². The largest absolute Gasteiger partial charge is 0.354 e. The molecule has 0 radical (unpaired) electrons. The number of carbonyl (C=O) groups is 2. The Bertz CT molecular complexity index is 792. The molecule has 4 rings (SSSR count). The molecule has 1 saturated carbocycles. The Morgan fingerprint density at radius 3 is 2.55 bits per heavy atom. The van der Waals surface area contributed by atoms with Crippen molar-refractivity contribution in [1.29, 1.82) is 0 Å². The van der Waals surface area contributed by atoms with Crippen LogP contribution in [0.4, 0.5) is 4.39 Å². The Morgan fingerprint density at radius 2 is 1.90 bits per heavy atom. The molecule has 3 aliphatic rings. The zero-order valence-electron chi connectivity index (χ0n) is 18.6. The van der Waals surface area contributed by atoms with Crippen molar-refractivity contribution in [2.45, 2.75) is 69.7 Å². The van der Waals surface area contributed by atoms with Gasteiger partial charge < -0.3 is 15.0 Å². The highest BCUT2D eigenvalue weighted by atomic mass is 19.1. The monoisotopic (exact) mass is 431 g/mol. The van der Waals surface area contributed by atoms with E-state index in [0.29, 0.717) is 24.1 Å². The summed E-state index contributed by atoms with van der Waals surface area (Å²) < 4.78 is 19.6. The molecule has 1 aromatic carbocycles. The topological polar surface area (TPSA) is 61.9 Å². The molecule has 2 aliphatic heterocycles. The summed E-state index contributed by atoms with van der Waals surface area (Å²) in [4.78, 5) is 30.6. The molecular formula is C24H34FN3O3. The Kier molecular flexibility index (Phi) is 6.63. The summed E-state index contributed by atoms with van der Waals surface area (Å²) in [7, 11) is 2.13. The van der Waals surface area contributed by atoms with Crippen molar-refractivity contribution in [2.24, 2.45) is 5.92 Å². The van der Waals surface area contributed by atoms with Crippen LogP contribution in [0.1, 0.15) is 62.2 Å². The van der Waals surface area contributed by atoms with E-state index in [9.17, 15) is 14.0 Å². The Balaban J connectivity index is 1.49. The minimum atomic E-state index is -0.744. The third kappa shape index (κ3) is 4.62. The molecule has 2 unspecified atom stereocenters. The maximum Gasteiger partial charge on any atom is 0.256 e. The Morgan fingerprint density at radius 1 is 1.19 bits per heavy atom. The fraction of sp³-hybridized carbons (Fsp3) is 0.667. The minimum absolute atomic E-state index is 0.161. The number of amides is 2. The lowest BCUT2D eigenvalue weighted by Crippen LogP contribution is -2.57. The minimum Gasteiger partial charge on any atom is -0.354 e. The van der Waals surface area contributed by atoms with E-state index >= 15 is 0 Å². The highest BCUT2D eigenvalue weighted by Crippen LogP contribution is 2.43. The van der Waals surface area contributed by atoms with Gasteiger partial charge in [-0.25, -0.2) is 4.39 Å². The fourth-order valence-corrected chi connectivity index (χ4v) is 5.34. The van der Waals surface area contributed by atoms with E-state index in [1.165, 1.54) is 30.7 Å². The number of benzene rings is 1. The van der Waals surface area contributed by atoms with E-state index < -0.39 is 11.8 Å². The van der Waals surface area contributed by atoms with Crippen LogP contribution in [0.3, 0.4) is 0 Å². The van der Waals surface area contributed by atoms with E-state index in [1.807, 2.05) is 0 Å². The van der Waals surface area contributed by atoms with Crippen LogP contribution in [0.5, 0.6) is 0 Å². The molecular weight excluding hydrogens is 397 g/mol. The quantitative estimate of drug-likeness (QED) is 0.778. The van der Waals surface area contributed by atoms with Gasteiger partial charge in [-0.05, 0) is 88.7 Å². The highest BCUT2D eigenvalue weighted by molar-refractivity contribution is 5.98. The highest BCUT2D eigenvalue weighted by Gasteiger charge is 2.53. The summed E-state index contributed by atoms with van der Waals surface area (Å²) in [6.07, 6.45) is 6.62. The number of ether oxygens (including phenoxy) is 1. The van der Waals surface area contributed by atoms with E-state index in [-0.39, 0.29) is 24.2 Å². The second-order valence-electron chi connectivity index (χ2n) is 9.49. The van der Waals surface area contributed by atoms with Gasteiger partial charge in [-0.15, -0.1) is 0 Å². The molecule has 1 N–H and O–H groups in total. The SMILES string of the molecule is CC1CCC2(CC1)OCC(C(=O)NCCC1CCCN1C)N2C(=O)c1ccc(F)cc1. The second kappa shape index (κ2) is 9.25. The molecule has 1 spiro atoms. The van der Waals surface area contributed by atoms with Crippen LogP contribution in [0, 0.1) is 11.7 Å². The number of hydrogen-bond acceptors (Lipinski definition) is 4. The van der Waals surface area contributed by atoms with Gasteiger partial charge in [0.2, 0.25) is 5.91 Å². The summed E-state index contributed by atoms with van der Waals surface area (Å²) in [5.74, 6) is -0.232. The number of nitrogens with one attached hydrogen (secondary N) is 1. The first-order chi connectivity index (χ1) is 14.9. The van der Waals surface area contributed by atoms with Crippen molar-refractivity contribution in [3.63, 3.8) is 0 Å². The molecule has 1 aromatic rings. The standard InChI is InChI=1S/C24H34FN3O3/c1-17-9-12-24(13-10-17)28(23(30)18-5-7-19(25)8-6-18)21(16-31-24)22(29)26-14-11-20-4-3-15-27(20)2/h5-8,17,20-21H,3-4,9-16H2,1-2H3,(H,26,29). The summed E-state index contributed by atoms with van der Waals surface area (Å²) in [6, 6.07) is 5.38. The molecule has 7 heteroatoms. The van der Waals surface area contributed by atoms with Gasteiger partial charge in [0.1, 0.15) is 17.6 Å². The predicted molar refractivity (Wildman–Crippen MR) is 116 cm³/mol. The maximum absolute atomic E-state index is 13.5. The lowest BCUT2D eigenvalue weighted by Gasteiger charge is -2.43. The maximum atomic E-state index is 13.5. The third-order valence-electron chi connectivity index (χ3n) is 7.38. The van der Waals surface area contributed by atoms with Crippen LogP contribution in [-0.4, -0.2) is 66.2 Å². The first-order valence-electron chi connectivity index (χ1n) is 11.6. The number of halogens is 1. The fourth-order valence-electron chi connectivity index (χ4n) is 5.34. The average Bonchev–Trinajstić information content (AvgIpc) is 3.34. The van der Waals surface area contributed by atoms with Gasteiger partial charge in [0.15, 0.2) is 0 Å². The van der Waals surface area contributed by atoms with Crippen LogP contribution < -0.4 is 5.32 Å². The third-order valence-corrected chi connectivity index (χ3v) is 7.38. The zero-order valence-corrected chi connectivity index (χ0v) is 18.6. The van der Waals surface area contributed by atoms with Gasteiger partial charge in [0, 0.05) is 18.2 Å². The lowest BCUT2D eigenvalue weighted by molar-refractivity contribution is -0.127. The Labute approximate surface area is 184 Å². The van der Waals surface area contributed by atoms with Gasteiger partial charge in [0.25, 0.3) is 5.91 Å².